The zero-order valence-corrected chi connectivity index (χ0v) is 46.7. The zero-order valence-electron chi connectivity index (χ0n) is 45.2. The summed E-state index contributed by atoms with van der Waals surface area (Å²) in [5, 5.41) is 19.1. The van der Waals surface area contributed by atoms with Crippen molar-refractivity contribution in [3.05, 3.63) is 174 Å². The fraction of sp³-hybridized carbons (Fsp3) is 0.333. The van der Waals surface area contributed by atoms with Crippen LogP contribution in [0.25, 0.3) is 22.3 Å². The molecule has 0 fully saturated rings. The average Bonchev–Trinajstić information content (AvgIpc) is 3.38. The number of nitrogens with zero attached hydrogens (tertiary/aromatic N) is 2. The van der Waals surface area contributed by atoms with Gasteiger partial charge in [-0.3, -0.25) is 28.8 Å². The van der Waals surface area contributed by atoms with E-state index in [0.29, 0.717) is 66.1 Å². The number of pyridine rings is 2. The van der Waals surface area contributed by atoms with E-state index in [2.05, 4.69) is 0 Å². The van der Waals surface area contributed by atoms with Crippen molar-refractivity contribution in [2.75, 3.05) is 27.4 Å². The third-order valence-corrected chi connectivity index (χ3v) is 12.7. The lowest BCUT2D eigenvalue weighted by atomic mass is 9.96. The first-order valence-corrected chi connectivity index (χ1v) is 25.6. The molecule has 2 N–H and O–H groups in total. The Labute approximate surface area is 462 Å². The summed E-state index contributed by atoms with van der Waals surface area (Å²) in [5.74, 6) is -2.44. The van der Waals surface area contributed by atoms with Gasteiger partial charge in [0.15, 0.2) is 23.1 Å². The number of aromatic carboxylic acids is 2. The van der Waals surface area contributed by atoms with E-state index >= 15 is 0 Å². The van der Waals surface area contributed by atoms with Gasteiger partial charge in [-0.15, -0.1) is 0 Å². The monoisotopic (exact) mass is 1110 g/mol. The Hall–Kier alpha value is -7.50. The normalized spacial score (nSPS) is 12.2. The molecule has 6 rings (SSSR count). The molecular weight excluding hydrogens is 1040 g/mol. The van der Waals surface area contributed by atoms with E-state index in [9.17, 15) is 38.4 Å². The van der Waals surface area contributed by atoms with E-state index in [1.165, 1.54) is 86.0 Å². The van der Waals surface area contributed by atoms with E-state index in [-0.39, 0.29) is 73.2 Å². The van der Waals surface area contributed by atoms with E-state index < -0.39 is 46.3 Å². The van der Waals surface area contributed by atoms with Crippen LogP contribution in [0.1, 0.15) is 133 Å². The molecule has 412 valence electrons. The SMILES string of the molecule is COc1cn([C@@H](CCOC(C)(C)C)C(=O)Cc2ccc(C(=O)O)cc2)c(=O)cc1-c1cc(Cl)ccc1C(C)=O.COc1cn([C@H](CCOC(C)(C)C)C(=O)Cc2ccc(C(=O)O)cc2)c(=O)cc1-c1cc(Cl)ccc1C(C)=O. The van der Waals surface area contributed by atoms with Gasteiger partial charge < -0.3 is 38.3 Å². The molecule has 2 aromatic heterocycles. The van der Waals surface area contributed by atoms with Crippen LogP contribution >= 0.6 is 23.2 Å². The second kappa shape index (κ2) is 26.7. The number of carbonyl (C=O) groups is 6. The molecule has 0 aliphatic carbocycles. The molecule has 0 bridgehead atoms. The number of carbonyl (C=O) groups excluding carboxylic acids is 4. The molecule has 16 nitrogen and oxygen atoms in total. The van der Waals surface area contributed by atoms with Crippen molar-refractivity contribution in [1.82, 2.24) is 9.13 Å². The predicted molar refractivity (Wildman–Crippen MR) is 298 cm³/mol. The minimum Gasteiger partial charge on any atom is -0.495 e. The van der Waals surface area contributed by atoms with Gasteiger partial charge in [0.25, 0.3) is 11.1 Å². The average molecular weight is 1110 g/mol. The molecule has 0 radical (unpaired) electrons. The van der Waals surface area contributed by atoms with E-state index in [4.69, 9.17) is 52.4 Å². The van der Waals surface area contributed by atoms with Gasteiger partial charge in [-0.1, -0.05) is 47.5 Å². The summed E-state index contributed by atoms with van der Waals surface area (Å²) in [6, 6.07) is 22.6. The van der Waals surface area contributed by atoms with Crippen LogP contribution in [0.5, 0.6) is 11.5 Å². The first kappa shape index (κ1) is 61.4. The number of ketones is 4. The summed E-state index contributed by atoms with van der Waals surface area (Å²) in [6.07, 6.45) is 3.35. The van der Waals surface area contributed by atoms with Gasteiger partial charge in [-0.05, 0) is 151 Å². The number of benzene rings is 4. The maximum absolute atomic E-state index is 13.5. The summed E-state index contributed by atoms with van der Waals surface area (Å²) in [4.78, 5) is 101. The standard InChI is InChI=1S/2C30H32ClNO7/c2*1-18(33)22-11-10-21(31)15-23(22)24-16-28(35)32(17-27(24)38-5)25(12-13-39-30(2,3)4)26(34)14-19-6-8-20(9-7-19)29(36)37/h2*6-11,15-17,25H,12-14H2,1-5H3,(H,36,37)/t2*25-/m10/s1. The summed E-state index contributed by atoms with van der Waals surface area (Å²) >= 11 is 12.4. The number of Topliss-reactive ketones (excluding diaryl/α,β-unsaturated/α-hetero) is 4. The molecular formula is C60H64Cl2N2O14. The highest BCUT2D eigenvalue weighted by Crippen LogP contribution is 2.36. The maximum atomic E-state index is 13.5. The van der Waals surface area contributed by atoms with Crippen LogP contribution in [0.3, 0.4) is 0 Å². The molecule has 0 aliphatic heterocycles. The lowest BCUT2D eigenvalue weighted by Gasteiger charge is -2.24. The predicted octanol–water partition coefficient (Wildman–Crippen LogP) is 11.3. The van der Waals surface area contributed by atoms with E-state index in [1.54, 1.807) is 60.7 Å². The van der Waals surface area contributed by atoms with Crippen molar-refractivity contribution in [2.45, 2.75) is 104 Å². The minimum absolute atomic E-state index is 0.0145. The number of carboxylic acids is 2. The summed E-state index contributed by atoms with van der Waals surface area (Å²) in [7, 11) is 2.88. The van der Waals surface area contributed by atoms with Crippen LogP contribution < -0.4 is 20.6 Å². The Bertz CT molecular complexity index is 3090. The summed E-state index contributed by atoms with van der Waals surface area (Å²) in [5.41, 5.74) is 2.09. The Morgan fingerprint density at radius 1 is 0.513 bits per heavy atom. The number of methoxy groups -OCH3 is 2. The first-order chi connectivity index (χ1) is 36.6. The van der Waals surface area contributed by atoms with Crippen LogP contribution in [-0.4, -0.2) is 93.1 Å². The molecule has 2 atom stereocenters. The molecule has 78 heavy (non-hydrogen) atoms. The van der Waals surface area contributed by atoms with Crippen LogP contribution in [0.2, 0.25) is 10.0 Å². The third-order valence-electron chi connectivity index (χ3n) is 12.3. The summed E-state index contributed by atoms with van der Waals surface area (Å²) in [6.45, 7) is 14.7. The van der Waals surface area contributed by atoms with Crippen LogP contribution in [0.4, 0.5) is 0 Å². The number of ether oxygens (including phenoxy) is 4. The van der Waals surface area contributed by atoms with Gasteiger partial charge in [0.05, 0.1) is 61.0 Å². The summed E-state index contributed by atoms with van der Waals surface area (Å²) < 4.78 is 25.5. The lowest BCUT2D eigenvalue weighted by molar-refractivity contribution is -0.123. The number of hydrogen-bond acceptors (Lipinski definition) is 12. The number of rotatable bonds is 22. The van der Waals surface area contributed by atoms with Gasteiger partial charge >= 0.3 is 11.9 Å². The van der Waals surface area contributed by atoms with Gasteiger partial charge in [0.1, 0.15) is 11.5 Å². The van der Waals surface area contributed by atoms with Crippen molar-refractivity contribution < 1.29 is 57.9 Å². The largest absolute Gasteiger partial charge is 0.495 e. The highest BCUT2D eigenvalue weighted by molar-refractivity contribution is 6.31. The molecule has 18 heteroatoms. The molecule has 4 aromatic carbocycles. The van der Waals surface area contributed by atoms with Crippen molar-refractivity contribution in [2.24, 2.45) is 0 Å². The number of carboxylic acid groups (broad SMARTS) is 2. The Morgan fingerprint density at radius 2 is 0.846 bits per heavy atom. The van der Waals surface area contributed by atoms with Gasteiger partial charge in [0, 0.05) is 70.5 Å². The molecule has 0 amide bonds. The van der Waals surface area contributed by atoms with Gasteiger partial charge in [0.2, 0.25) is 0 Å². The maximum Gasteiger partial charge on any atom is 0.335 e. The lowest BCUT2D eigenvalue weighted by Crippen LogP contribution is -2.32. The zero-order chi connectivity index (χ0) is 57.8. The molecule has 0 saturated heterocycles. The van der Waals surface area contributed by atoms with E-state index in [1.807, 2.05) is 41.5 Å². The highest BCUT2D eigenvalue weighted by Gasteiger charge is 2.28. The van der Waals surface area contributed by atoms with Gasteiger partial charge in [-0.2, -0.15) is 0 Å². The second-order valence-electron chi connectivity index (χ2n) is 20.3. The topological polar surface area (TPSA) is 224 Å². The van der Waals surface area contributed by atoms with Crippen molar-refractivity contribution in [3.8, 4) is 33.8 Å². The minimum atomic E-state index is -1.06. The Morgan fingerprint density at radius 3 is 1.13 bits per heavy atom. The van der Waals surface area contributed by atoms with E-state index in [0.717, 1.165) is 0 Å². The fourth-order valence-corrected chi connectivity index (χ4v) is 8.76. The van der Waals surface area contributed by atoms with Crippen molar-refractivity contribution >= 4 is 58.3 Å². The van der Waals surface area contributed by atoms with Crippen LogP contribution in [-0.2, 0) is 31.9 Å². The van der Waals surface area contributed by atoms with Crippen LogP contribution in [0, 0.1) is 0 Å². The van der Waals surface area contributed by atoms with Crippen molar-refractivity contribution in [1.29, 1.82) is 0 Å². The Kier molecular flexibility index (Phi) is 21.0. The second-order valence-corrected chi connectivity index (χ2v) is 21.2. The quantitative estimate of drug-likeness (QED) is 0.0604. The smallest absolute Gasteiger partial charge is 0.335 e. The van der Waals surface area contributed by atoms with Crippen LogP contribution in [0.15, 0.2) is 119 Å². The third kappa shape index (κ3) is 16.8. The molecule has 2 heterocycles. The number of aromatic nitrogens is 2. The van der Waals surface area contributed by atoms with Crippen molar-refractivity contribution in [3.63, 3.8) is 0 Å². The Balaban J connectivity index is 0.000000287. The highest BCUT2D eigenvalue weighted by atomic mass is 35.5. The number of hydrogen-bond donors (Lipinski definition) is 2. The molecule has 0 saturated carbocycles. The molecule has 0 unspecified atom stereocenters. The van der Waals surface area contributed by atoms with Gasteiger partial charge in [-0.25, -0.2) is 9.59 Å². The molecule has 6 aromatic rings. The number of halogens is 2. The molecule has 0 aliphatic rings. The fourth-order valence-electron chi connectivity index (χ4n) is 8.42. The molecule has 0 spiro atoms. The first-order valence-electron chi connectivity index (χ1n) is 24.8.